The van der Waals surface area contributed by atoms with Crippen molar-refractivity contribution in [2.75, 3.05) is 0 Å². The van der Waals surface area contributed by atoms with Gasteiger partial charge in [-0.25, -0.2) is 5.57 Å². The maximum Gasteiger partial charge on any atom is 0 e. The molecule has 1 aliphatic rings. The van der Waals surface area contributed by atoms with Crippen molar-refractivity contribution in [1.29, 1.82) is 0 Å². The van der Waals surface area contributed by atoms with Gasteiger partial charge in [0.25, 0.3) is 0 Å². The molecule has 0 saturated carbocycles. The molecular formula is C11H19W-3. The Hall–Kier alpha value is 0.168. The molecule has 0 spiro atoms. The van der Waals surface area contributed by atoms with Crippen LogP contribution in [0.15, 0.2) is 17.2 Å². The van der Waals surface area contributed by atoms with Gasteiger partial charge in [0.2, 0.25) is 0 Å². The monoisotopic (exact) mass is 335 g/mol. The molecule has 12 heavy (non-hydrogen) atoms. The van der Waals surface area contributed by atoms with Crippen molar-refractivity contribution in [1.82, 2.24) is 0 Å². The predicted molar refractivity (Wildman–Crippen MR) is 51.4 cm³/mol. The third-order valence-electron chi connectivity index (χ3n) is 2.12. The zero-order valence-electron chi connectivity index (χ0n) is 10.3. The zero-order valence-corrected chi connectivity index (χ0v) is 11.3. The minimum absolute atomic E-state index is 0. The third-order valence-corrected chi connectivity index (χ3v) is 2.12. The Balaban J connectivity index is -0.000000403. The first-order valence-corrected chi connectivity index (χ1v) is 4.44. The molecule has 0 fully saturated rings. The summed E-state index contributed by atoms with van der Waals surface area (Å²) in [6.07, 6.45) is 6.75. The van der Waals surface area contributed by atoms with Crippen molar-refractivity contribution >= 4 is 0 Å². The first-order chi connectivity index (χ1) is 5.13. The molecule has 72 valence electrons. The molecule has 1 aliphatic carbocycles. The van der Waals surface area contributed by atoms with E-state index < -0.39 is 0 Å². The van der Waals surface area contributed by atoms with Crippen molar-refractivity contribution < 1.29 is 23.9 Å². The van der Waals surface area contributed by atoms with Crippen LogP contribution >= 0.6 is 0 Å². The van der Waals surface area contributed by atoms with E-state index in [2.05, 4.69) is 39.8 Å². The van der Waals surface area contributed by atoms with Gasteiger partial charge in [0.1, 0.15) is 0 Å². The minimum Gasteiger partial charge on any atom is -1.00 e. The Kier molecular flexibility index (Phi) is 5.09. The number of allylic oxidation sites excluding steroid dienone is 4. The molecule has 0 nitrogen and oxygen atoms in total. The summed E-state index contributed by atoms with van der Waals surface area (Å²) in [5.74, 6) is 1.31. The van der Waals surface area contributed by atoms with Crippen molar-refractivity contribution in [3.63, 3.8) is 0 Å². The first-order valence-electron chi connectivity index (χ1n) is 4.44. The molecule has 0 amide bonds. The summed E-state index contributed by atoms with van der Waals surface area (Å²) in [6, 6.07) is 0. The summed E-state index contributed by atoms with van der Waals surface area (Å²) >= 11 is 0. The topological polar surface area (TPSA) is 0 Å². The molecule has 1 heteroatoms. The fourth-order valence-corrected chi connectivity index (χ4v) is 1.57. The van der Waals surface area contributed by atoms with Gasteiger partial charge in [0.15, 0.2) is 0 Å². The second-order valence-corrected chi connectivity index (χ2v) is 3.76. The molecule has 0 heterocycles. The van der Waals surface area contributed by atoms with Crippen LogP contribution in [0.25, 0.3) is 0 Å². The Morgan fingerprint density at radius 3 is 2.17 bits per heavy atom. The quantitative estimate of drug-likeness (QED) is 0.677. The SMILES string of the molecule is CC(C)C1=[C-]CC=C1C(C)C.[H-].[H-].[W]. The van der Waals surface area contributed by atoms with Gasteiger partial charge in [-0.05, 0) is 0 Å². The summed E-state index contributed by atoms with van der Waals surface area (Å²) < 4.78 is 0. The number of rotatable bonds is 2. The second kappa shape index (κ2) is 5.02. The van der Waals surface area contributed by atoms with Gasteiger partial charge in [-0.3, -0.25) is 6.08 Å². The molecular weight excluding hydrogens is 316 g/mol. The molecule has 0 radical (unpaired) electrons. The van der Waals surface area contributed by atoms with Gasteiger partial charge in [-0.15, -0.1) is 6.42 Å². The van der Waals surface area contributed by atoms with Crippen LogP contribution in [0.5, 0.6) is 0 Å². The van der Waals surface area contributed by atoms with Crippen LogP contribution in [0, 0.1) is 17.9 Å². The maximum atomic E-state index is 3.41. The maximum absolute atomic E-state index is 3.41. The summed E-state index contributed by atoms with van der Waals surface area (Å²) in [7, 11) is 0. The van der Waals surface area contributed by atoms with E-state index in [0.717, 1.165) is 6.42 Å². The molecule has 0 aromatic carbocycles. The summed E-state index contributed by atoms with van der Waals surface area (Å²) in [5.41, 5.74) is 2.96. The standard InChI is InChI=1S/C11H17.W.2H/c1-8(2)10-6-5-7-11(10)9(3)4;;;/h6,8-9H,5H2,1-4H3;;;/q-1;;2*-1. The van der Waals surface area contributed by atoms with Gasteiger partial charge in [-0.1, -0.05) is 39.5 Å². The Morgan fingerprint density at radius 2 is 1.83 bits per heavy atom. The van der Waals surface area contributed by atoms with Gasteiger partial charge in [-0.2, -0.15) is 11.6 Å². The average Bonchev–Trinajstić information content (AvgIpc) is 2.32. The van der Waals surface area contributed by atoms with Gasteiger partial charge >= 0.3 is 0 Å². The summed E-state index contributed by atoms with van der Waals surface area (Å²) in [4.78, 5) is 0. The van der Waals surface area contributed by atoms with E-state index in [4.69, 9.17) is 0 Å². The van der Waals surface area contributed by atoms with Crippen molar-refractivity contribution in [3.05, 3.63) is 23.3 Å². The van der Waals surface area contributed by atoms with Gasteiger partial charge in [0, 0.05) is 21.1 Å². The number of hydrogen-bond acceptors (Lipinski definition) is 0. The molecule has 0 N–H and O–H groups in total. The van der Waals surface area contributed by atoms with E-state index >= 15 is 0 Å². The first kappa shape index (κ1) is 12.2. The van der Waals surface area contributed by atoms with E-state index in [9.17, 15) is 0 Å². The molecule has 0 aromatic heterocycles. The molecule has 0 aliphatic heterocycles. The minimum atomic E-state index is 0. The van der Waals surface area contributed by atoms with Crippen molar-refractivity contribution in [3.8, 4) is 0 Å². The zero-order chi connectivity index (χ0) is 8.43. The predicted octanol–water partition coefficient (Wildman–Crippen LogP) is 3.58. The second-order valence-electron chi connectivity index (χ2n) is 3.76. The smallest absolute Gasteiger partial charge is 0 e. The molecule has 0 unspecified atom stereocenters. The normalized spacial score (nSPS) is 16.2. The molecule has 0 saturated heterocycles. The third kappa shape index (κ3) is 2.59. The largest absolute Gasteiger partial charge is 1.00 e. The van der Waals surface area contributed by atoms with Gasteiger partial charge < -0.3 is 2.85 Å². The van der Waals surface area contributed by atoms with Crippen LogP contribution in [-0.4, -0.2) is 0 Å². The molecule has 0 bridgehead atoms. The molecule has 1 rings (SSSR count). The van der Waals surface area contributed by atoms with Crippen LogP contribution in [0.4, 0.5) is 0 Å². The molecule has 0 aromatic rings. The summed E-state index contributed by atoms with van der Waals surface area (Å²) in [6.45, 7) is 8.98. The van der Waals surface area contributed by atoms with Crippen LogP contribution in [0.2, 0.25) is 0 Å². The molecule has 0 atom stereocenters. The van der Waals surface area contributed by atoms with Crippen LogP contribution < -0.4 is 0 Å². The van der Waals surface area contributed by atoms with E-state index in [1.807, 2.05) is 0 Å². The van der Waals surface area contributed by atoms with Gasteiger partial charge in [0.05, 0.1) is 0 Å². The van der Waals surface area contributed by atoms with E-state index in [-0.39, 0.29) is 23.9 Å². The number of hydrogen-bond donors (Lipinski definition) is 0. The fraction of sp³-hybridized carbons (Fsp3) is 0.636. The van der Waals surface area contributed by atoms with Crippen LogP contribution in [0.3, 0.4) is 0 Å². The van der Waals surface area contributed by atoms with E-state index in [1.54, 1.807) is 0 Å². The Labute approximate surface area is 93.4 Å². The van der Waals surface area contributed by atoms with E-state index in [1.165, 1.54) is 11.1 Å². The summed E-state index contributed by atoms with van der Waals surface area (Å²) in [5, 5.41) is 0. The Morgan fingerprint density at radius 1 is 1.25 bits per heavy atom. The average molecular weight is 335 g/mol. The van der Waals surface area contributed by atoms with E-state index in [0.29, 0.717) is 11.8 Å². The van der Waals surface area contributed by atoms with Crippen molar-refractivity contribution in [2.24, 2.45) is 11.8 Å². The van der Waals surface area contributed by atoms with Crippen LogP contribution in [-0.2, 0) is 21.1 Å². The Bertz CT molecular complexity index is 183. The fourth-order valence-electron chi connectivity index (χ4n) is 1.57. The van der Waals surface area contributed by atoms with Crippen LogP contribution in [0.1, 0.15) is 37.0 Å². The van der Waals surface area contributed by atoms with Crippen molar-refractivity contribution in [2.45, 2.75) is 34.1 Å².